The number of ether oxygens (including phenoxy) is 2. The zero-order valence-electron chi connectivity index (χ0n) is 51.0. The number of carbonyl (C=O) groups is 2. The van der Waals surface area contributed by atoms with E-state index in [-0.39, 0.29) is 38.6 Å². The van der Waals surface area contributed by atoms with Crippen molar-refractivity contribution in [2.24, 2.45) is 5.73 Å². The molecule has 0 aliphatic rings. The van der Waals surface area contributed by atoms with Crippen molar-refractivity contribution in [3.05, 3.63) is 36.5 Å². The molecule has 77 heavy (non-hydrogen) atoms. The molecule has 454 valence electrons. The van der Waals surface area contributed by atoms with Crippen molar-refractivity contribution in [3.8, 4) is 0 Å². The van der Waals surface area contributed by atoms with Crippen LogP contribution in [-0.4, -0.2) is 49.3 Å². The summed E-state index contributed by atoms with van der Waals surface area (Å²) < 4.78 is 33.2. The minimum Gasteiger partial charge on any atom is -0.462 e. The fourth-order valence-electron chi connectivity index (χ4n) is 10.0. The van der Waals surface area contributed by atoms with E-state index in [1.165, 1.54) is 276 Å². The molecule has 9 nitrogen and oxygen atoms in total. The molecule has 0 rings (SSSR count). The molecule has 0 amide bonds. The minimum atomic E-state index is -4.39. The predicted octanol–water partition coefficient (Wildman–Crippen LogP) is 21.5. The summed E-state index contributed by atoms with van der Waals surface area (Å²) in [4.78, 5) is 35.3. The van der Waals surface area contributed by atoms with Crippen molar-refractivity contribution in [1.82, 2.24) is 0 Å². The highest BCUT2D eigenvalue weighted by Crippen LogP contribution is 2.43. The molecule has 2 unspecified atom stereocenters. The van der Waals surface area contributed by atoms with Crippen LogP contribution in [0.3, 0.4) is 0 Å². The lowest BCUT2D eigenvalue weighted by atomic mass is 10.0. The highest BCUT2D eigenvalue weighted by atomic mass is 31.2. The predicted molar refractivity (Wildman–Crippen MR) is 330 cm³/mol. The summed E-state index contributed by atoms with van der Waals surface area (Å²) in [6.45, 7) is 3.80. The second-order valence-corrected chi connectivity index (χ2v) is 24.1. The first-order chi connectivity index (χ1) is 37.8. The van der Waals surface area contributed by atoms with Crippen molar-refractivity contribution in [1.29, 1.82) is 0 Å². The molecule has 0 radical (unpaired) electrons. The zero-order valence-corrected chi connectivity index (χ0v) is 51.9. The molecule has 0 aromatic rings. The highest BCUT2D eigenvalue weighted by molar-refractivity contribution is 7.47. The SMILES string of the molecule is CCCCCCC/C=C\C/C=C\CCCCCCCCCCCCCCCCCCCC(=O)OC(COC(=O)CCCCCCCCCCCCCCCCC/C=C\CCCCCCCCCC)COP(=O)(O)OCCN. The van der Waals surface area contributed by atoms with E-state index >= 15 is 0 Å². The lowest BCUT2D eigenvalue weighted by Crippen LogP contribution is -2.29. The van der Waals surface area contributed by atoms with Gasteiger partial charge in [0.15, 0.2) is 6.10 Å². The van der Waals surface area contributed by atoms with Gasteiger partial charge in [-0.15, -0.1) is 0 Å². The maximum atomic E-state index is 12.7. The largest absolute Gasteiger partial charge is 0.472 e. The van der Waals surface area contributed by atoms with Gasteiger partial charge in [-0.25, -0.2) is 4.57 Å². The molecular weight excluding hydrogens is 978 g/mol. The maximum Gasteiger partial charge on any atom is 0.472 e. The number of nitrogens with two attached hydrogens (primary N) is 1. The van der Waals surface area contributed by atoms with Crippen LogP contribution < -0.4 is 5.73 Å². The number of carbonyl (C=O) groups excluding carboxylic acids is 2. The number of allylic oxidation sites excluding steroid dienone is 6. The van der Waals surface area contributed by atoms with Crippen LogP contribution in [0.1, 0.15) is 348 Å². The Morgan fingerprint density at radius 1 is 0.390 bits per heavy atom. The van der Waals surface area contributed by atoms with Crippen LogP contribution in [0.15, 0.2) is 36.5 Å². The molecule has 0 saturated carbocycles. The molecule has 0 aliphatic heterocycles. The standard InChI is InChI=1S/C67H128NO8P/c1-3-5-7-9-11-13-15-17-19-21-23-25-27-29-31-32-34-36-38-40-42-44-46-48-50-52-54-56-58-60-67(70)76-65(64-75-77(71,72)74-62-61-68)63-73-66(69)59-57-55-53-51-49-47-45-43-41-39-37-35-33-30-28-26-24-22-20-18-16-14-12-10-8-6-4-2/h15,17,21-24,65H,3-14,16,18-20,25-64,68H2,1-2H3,(H,71,72)/b17-15-,23-21-,24-22-. The Morgan fingerprint density at radius 2 is 0.675 bits per heavy atom. The van der Waals surface area contributed by atoms with Gasteiger partial charge in [-0.3, -0.25) is 18.6 Å². The Hall–Kier alpha value is -1.77. The molecule has 0 aromatic carbocycles. The van der Waals surface area contributed by atoms with Gasteiger partial charge in [0, 0.05) is 19.4 Å². The molecule has 3 N–H and O–H groups in total. The van der Waals surface area contributed by atoms with E-state index in [0.29, 0.717) is 6.42 Å². The van der Waals surface area contributed by atoms with E-state index in [4.69, 9.17) is 24.3 Å². The van der Waals surface area contributed by atoms with Gasteiger partial charge >= 0.3 is 19.8 Å². The van der Waals surface area contributed by atoms with E-state index in [9.17, 15) is 19.0 Å². The van der Waals surface area contributed by atoms with Gasteiger partial charge in [-0.05, 0) is 70.6 Å². The second-order valence-electron chi connectivity index (χ2n) is 22.7. The van der Waals surface area contributed by atoms with Gasteiger partial charge in [0.1, 0.15) is 6.61 Å². The number of hydrogen-bond donors (Lipinski definition) is 2. The Bertz CT molecular complexity index is 1350. The van der Waals surface area contributed by atoms with Crippen LogP contribution in [0.2, 0.25) is 0 Å². The van der Waals surface area contributed by atoms with Crippen LogP contribution in [0.5, 0.6) is 0 Å². The van der Waals surface area contributed by atoms with Gasteiger partial charge in [0.05, 0.1) is 13.2 Å². The van der Waals surface area contributed by atoms with E-state index in [1.54, 1.807) is 0 Å². The summed E-state index contributed by atoms with van der Waals surface area (Å²) in [6, 6.07) is 0. The van der Waals surface area contributed by atoms with Crippen molar-refractivity contribution in [2.75, 3.05) is 26.4 Å². The molecule has 10 heteroatoms. The summed E-state index contributed by atoms with van der Waals surface area (Å²) in [7, 11) is -4.39. The Kier molecular flexibility index (Phi) is 62.0. The monoisotopic (exact) mass is 1110 g/mol. The molecule has 0 saturated heterocycles. The highest BCUT2D eigenvalue weighted by Gasteiger charge is 2.26. The van der Waals surface area contributed by atoms with Crippen molar-refractivity contribution < 1.29 is 37.6 Å². The summed E-state index contributed by atoms with van der Waals surface area (Å²) in [6.07, 6.45) is 78.0. The third-order valence-electron chi connectivity index (χ3n) is 15.0. The summed E-state index contributed by atoms with van der Waals surface area (Å²) in [5, 5.41) is 0. The van der Waals surface area contributed by atoms with Crippen LogP contribution in [-0.2, 0) is 32.7 Å². The maximum absolute atomic E-state index is 12.7. The number of phosphoric ester groups is 1. The van der Waals surface area contributed by atoms with Crippen LogP contribution >= 0.6 is 7.82 Å². The Labute approximate surface area is 477 Å². The van der Waals surface area contributed by atoms with E-state index in [2.05, 4.69) is 50.3 Å². The van der Waals surface area contributed by atoms with E-state index < -0.39 is 26.5 Å². The summed E-state index contributed by atoms with van der Waals surface area (Å²) >= 11 is 0. The van der Waals surface area contributed by atoms with Gasteiger partial charge in [-0.1, -0.05) is 301 Å². The number of hydrogen-bond acceptors (Lipinski definition) is 8. The quantitative estimate of drug-likeness (QED) is 0.0264. The zero-order chi connectivity index (χ0) is 55.9. The molecule has 0 heterocycles. The minimum absolute atomic E-state index is 0.0555. The third-order valence-corrected chi connectivity index (χ3v) is 16.0. The molecule has 2 atom stereocenters. The molecule has 0 bridgehead atoms. The first-order valence-electron chi connectivity index (χ1n) is 33.5. The summed E-state index contributed by atoms with van der Waals surface area (Å²) in [5.74, 6) is -0.808. The average Bonchev–Trinajstić information content (AvgIpc) is 3.42. The molecule has 0 fully saturated rings. The first-order valence-corrected chi connectivity index (χ1v) is 35.0. The first kappa shape index (κ1) is 75.2. The van der Waals surface area contributed by atoms with Crippen molar-refractivity contribution >= 4 is 19.8 Å². The Morgan fingerprint density at radius 3 is 1.00 bits per heavy atom. The van der Waals surface area contributed by atoms with Gasteiger partial charge in [-0.2, -0.15) is 0 Å². The second kappa shape index (κ2) is 63.4. The summed E-state index contributed by atoms with van der Waals surface area (Å²) in [5.41, 5.74) is 5.40. The fourth-order valence-corrected chi connectivity index (χ4v) is 10.8. The fraction of sp³-hybridized carbons (Fsp3) is 0.881. The Balaban J connectivity index is 3.86. The molecule has 0 aliphatic carbocycles. The van der Waals surface area contributed by atoms with Crippen molar-refractivity contribution in [3.63, 3.8) is 0 Å². The van der Waals surface area contributed by atoms with Crippen LogP contribution in [0, 0.1) is 0 Å². The molecule has 0 spiro atoms. The third kappa shape index (κ3) is 63.3. The number of rotatable bonds is 64. The van der Waals surface area contributed by atoms with E-state index in [1.807, 2.05) is 0 Å². The smallest absolute Gasteiger partial charge is 0.462 e. The number of phosphoric acid groups is 1. The lowest BCUT2D eigenvalue weighted by molar-refractivity contribution is -0.161. The lowest BCUT2D eigenvalue weighted by Gasteiger charge is -2.19. The molecule has 0 aromatic heterocycles. The van der Waals surface area contributed by atoms with Crippen LogP contribution in [0.4, 0.5) is 0 Å². The van der Waals surface area contributed by atoms with Crippen LogP contribution in [0.25, 0.3) is 0 Å². The van der Waals surface area contributed by atoms with Gasteiger partial charge in [0.2, 0.25) is 0 Å². The van der Waals surface area contributed by atoms with Gasteiger partial charge < -0.3 is 20.1 Å². The number of esters is 2. The normalized spacial score (nSPS) is 13.1. The topological polar surface area (TPSA) is 134 Å². The number of unbranched alkanes of at least 4 members (excludes halogenated alkanes) is 45. The van der Waals surface area contributed by atoms with Crippen molar-refractivity contribution in [2.45, 2.75) is 354 Å². The molecular formula is C67H128NO8P. The average molecular weight is 1110 g/mol. The van der Waals surface area contributed by atoms with E-state index in [0.717, 1.165) is 38.5 Å². The van der Waals surface area contributed by atoms with Gasteiger partial charge in [0.25, 0.3) is 0 Å².